The minimum absolute atomic E-state index is 0.0979. The quantitative estimate of drug-likeness (QED) is 0.611. The highest BCUT2D eigenvalue weighted by molar-refractivity contribution is 5.77. The van der Waals surface area contributed by atoms with E-state index in [2.05, 4.69) is 31.2 Å². The molecule has 5 heteroatoms. The van der Waals surface area contributed by atoms with Crippen LogP contribution in [0.25, 0.3) is 0 Å². The van der Waals surface area contributed by atoms with E-state index in [1.165, 1.54) is 17.2 Å². The second-order valence-corrected chi connectivity index (χ2v) is 7.58. The molecule has 0 aromatic heterocycles. The molecule has 0 N–H and O–H groups in total. The normalized spacial score (nSPS) is 23.6. The lowest BCUT2D eigenvalue weighted by Gasteiger charge is -2.21. The maximum absolute atomic E-state index is 12.6. The first kappa shape index (κ1) is 16.8. The number of nitrogens with zero attached hydrogens (tertiary/aromatic N) is 2. The van der Waals surface area contributed by atoms with E-state index in [9.17, 15) is 14.9 Å². The number of nitro benzene ring substituents is 1. The number of hydrogen-bond acceptors (Lipinski definition) is 3. The van der Waals surface area contributed by atoms with E-state index in [0.29, 0.717) is 24.3 Å². The Morgan fingerprint density at radius 3 is 2.69 bits per heavy atom. The van der Waals surface area contributed by atoms with Crippen LogP contribution in [0.5, 0.6) is 0 Å². The topological polar surface area (TPSA) is 63.5 Å². The molecule has 1 amide bonds. The van der Waals surface area contributed by atoms with E-state index in [1.807, 2.05) is 4.90 Å². The molecule has 0 spiro atoms. The van der Waals surface area contributed by atoms with Gasteiger partial charge in [0.25, 0.3) is 5.69 Å². The summed E-state index contributed by atoms with van der Waals surface area (Å²) in [4.78, 5) is 25.3. The Balaban J connectivity index is 1.40. The first-order chi connectivity index (χ1) is 12.5. The number of piperidine rings is 1. The molecule has 0 radical (unpaired) electrons. The van der Waals surface area contributed by atoms with Crippen LogP contribution in [-0.2, 0) is 16.6 Å². The average molecular weight is 350 g/mol. The highest BCUT2D eigenvalue weighted by Gasteiger charge is 2.61. The fourth-order valence-corrected chi connectivity index (χ4v) is 4.31. The summed E-state index contributed by atoms with van der Waals surface area (Å²) in [6.45, 7) is 3.67. The van der Waals surface area contributed by atoms with E-state index < -0.39 is 0 Å². The summed E-state index contributed by atoms with van der Waals surface area (Å²) in [7, 11) is 0. The summed E-state index contributed by atoms with van der Waals surface area (Å²) in [6.07, 6.45) is 1.89. The number of likely N-dealkylation sites (tertiary alicyclic amines) is 1. The van der Waals surface area contributed by atoms with E-state index in [4.69, 9.17) is 0 Å². The molecule has 2 aromatic rings. The minimum Gasteiger partial charge on any atom is -0.341 e. The molecule has 2 aliphatic rings. The van der Waals surface area contributed by atoms with E-state index in [1.54, 1.807) is 18.2 Å². The molecule has 5 nitrogen and oxygen atoms in total. The van der Waals surface area contributed by atoms with Crippen LogP contribution >= 0.6 is 0 Å². The van der Waals surface area contributed by atoms with Crippen LogP contribution < -0.4 is 0 Å². The van der Waals surface area contributed by atoms with Gasteiger partial charge in [0.2, 0.25) is 5.91 Å². The van der Waals surface area contributed by atoms with Gasteiger partial charge in [0, 0.05) is 36.6 Å². The van der Waals surface area contributed by atoms with Crippen molar-refractivity contribution in [2.75, 3.05) is 13.1 Å². The summed E-state index contributed by atoms with van der Waals surface area (Å²) in [5.74, 6) is 0.655. The number of benzene rings is 2. The number of fused-ring (bicyclic) bond motifs is 1. The number of nitro groups is 1. The van der Waals surface area contributed by atoms with Crippen LogP contribution in [-0.4, -0.2) is 28.8 Å². The highest BCUT2D eigenvalue weighted by Crippen LogP contribution is 2.59. The summed E-state index contributed by atoms with van der Waals surface area (Å²) in [5, 5.41) is 11.1. The predicted octanol–water partition coefficient (Wildman–Crippen LogP) is 3.64. The lowest BCUT2D eigenvalue weighted by Crippen LogP contribution is -2.33. The largest absolute Gasteiger partial charge is 0.341 e. The molecule has 26 heavy (non-hydrogen) atoms. The Morgan fingerprint density at radius 2 is 1.96 bits per heavy atom. The van der Waals surface area contributed by atoms with Gasteiger partial charge >= 0.3 is 0 Å². The fourth-order valence-electron chi connectivity index (χ4n) is 4.31. The van der Waals surface area contributed by atoms with Crippen LogP contribution in [0.3, 0.4) is 0 Å². The molecule has 2 fully saturated rings. The average Bonchev–Trinajstić information content (AvgIpc) is 3.21. The second-order valence-electron chi connectivity index (χ2n) is 7.58. The molecule has 1 heterocycles. The second kappa shape index (κ2) is 6.24. The molecule has 4 rings (SSSR count). The lowest BCUT2D eigenvalue weighted by atomic mass is 9.94. The molecule has 1 aliphatic heterocycles. The monoisotopic (exact) mass is 350 g/mol. The zero-order valence-corrected chi connectivity index (χ0v) is 14.9. The zero-order valence-electron chi connectivity index (χ0n) is 14.9. The third-order valence-corrected chi connectivity index (χ3v) is 5.92. The molecule has 0 unspecified atom stereocenters. The van der Waals surface area contributed by atoms with Crippen LogP contribution in [0, 0.1) is 23.0 Å². The number of para-hydroxylation sites is 1. The van der Waals surface area contributed by atoms with Gasteiger partial charge in [-0.2, -0.15) is 0 Å². The van der Waals surface area contributed by atoms with Crippen molar-refractivity contribution in [3.63, 3.8) is 0 Å². The highest BCUT2D eigenvalue weighted by atomic mass is 16.6. The van der Waals surface area contributed by atoms with Gasteiger partial charge in [0.05, 0.1) is 4.92 Å². The van der Waals surface area contributed by atoms with Gasteiger partial charge in [-0.3, -0.25) is 14.9 Å². The Kier molecular flexibility index (Phi) is 4.02. The van der Waals surface area contributed by atoms with Gasteiger partial charge in [-0.25, -0.2) is 0 Å². The first-order valence-electron chi connectivity index (χ1n) is 9.07. The van der Waals surface area contributed by atoms with Crippen molar-refractivity contribution in [1.29, 1.82) is 0 Å². The Hall–Kier alpha value is -2.69. The summed E-state index contributed by atoms with van der Waals surface area (Å²) < 4.78 is 0. The van der Waals surface area contributed by atoms with Crippen molar-refractivity contribution in [3.05, 3.63) is 75.3 Å². The molecule has 134 valence electrons. The summed E-state index contributed by atoms with van der Waals surface area (Å²) >= 11 is 0. The fraction of sp³-hybridized carbons (Fsp3) is 0.381. The van der Waals surface area contributed by atoms with Crippen molar-refractivity contribution in [3.8, 4) is 0 Å². The standard InChI is InChI=1S/C21H22N2O3/c1-15-6-9-17(10-7-15)21-12-18(21)13-22(14-21)20(24)11-8-16-4-2-3-5-19(16)23(25)26/h2-7,9-10,18H,8,11-14H2,1H3/t18-,21+/m0/s1. The van der Waals surface area contributed by atoms with Crippen molar-refractivity contribution < 1.29 is 9.72 Å². The number of amides is 1. The van der Waals surface area contributed by atoms with Crippen molar-refractivity contribution in [2.45, 2.75) is 31.6 Å². The van der Waals surface area contributed by atoms with Crippen molar-refractivity contribution >= 4 is 11.6 Å². The number of carbonyl (C=O) groups excluding carboxylic acids is 1. The summed E-state index contributed by atoms with van der Waals surface area (Å²) in [5.41, 5.74) is 3.45. The Bertz CT molecular complexity index is 862. The number of hydrogen-bond donors (Lipinski definition) is 0. The van der Waals surface area contributed by atoms with Crippen LogP contribution in [0.15, 0.2) is 48.5 Å². The molecule has 1 aliphatic carbocycles. The summed E-state index contributed by atoms with van der Waals surface area (Å²) in [6, 6.07) is 15.3. The maximum Gasteiger partial charge on any atom is 0.272 e. The molecule has 1 saturated carbocycles. The van der Waals surface area contributed by atoms with E-state index in [-0.39, 0.29) is 21.9 Å². The molecule has 2 aromatic carbocycles. The van der Waals surface area contributed by atoms with Crippen LogP contribution in [0.4, 0.5) is 5.69 Å². The first-order valence-corrected chi connectivity index (χ1v) is 9.07. The van der Waals surface area contributed by atoms with Crippen LogP contribution in [0.1, 0.15) is 29.5 Å². The van der Waals surface area contributed by atoms with Gasteiger partial charge < -0.3 is 4.90 Å². The SMILES string of the molecule is Cc1ccc([C@]23C[C@H]2CN(C(=O)CCc2ccccc2[N+](=O)[O-])C3)cc1. The van der Waals surface area contributed by atoms with Crippen LogP contribution in [0.2, 0.25) is 0 Å². The number of aryl methyl sites for hydroxylation is 2. The smallest absolute Gasteiger partial charge is 0.272 e. The number of rotatable bonds is 5. The molecule has 0 bridgehead atoms. The third kappa shape index (κ3) is 2.87. The number of carbonyl (C=O) groups is 1. The Labute approximate surface area is 152 Å². The molecular formula is C21H22N2O3. The molecule has 2 atom stereocenters. The third-order valence-electron chi connectivity index (χ3n) is 5.92. The maximum atomic E-state index is 12.6. The van der Waals surface area contributed by atoms with E-state index >= 15 is 0 Å². The van der Waals surface area contributed by atoms with Gasteiger partial charge in [-0.05, 0) is 31.2 Å². The predicted molar refractivity (Wildman–Crippen MR) is 99.0 cm³/mol. The van der Waals surface area contributed by atoms with Crippen molar-refractivity contribution in [1.82, 2.24) is 4.90 Å². The van der Waals surface area contributed by atoms with Gasteiger partial charge in [0.15, 0.2) is 0 Å². The Morgan fingerprint density at radius 1 is 1.23 bits per heavy atom. The van der Waals surface area contributed by atoms with E-state index in [0.717, 1.165) is 19.5 Å². The van der Waals surface area contributed by atoms with Gasteiger partial charge in [0.1, 0.15) is 0 Å². The minimum atomic E-state index is -0.378. The molecular weight excluding hydrogens is 328 g/mol. The van der Waals surface area contributed by atoms with Crippen molar-refractivity contribution in [2.24, 2.45) is 5.92 Å². The molecule has 1 saturated heterocycles. The lowest BCUT2D eigenvalue weighted by molar-refractivity contribution is -0.385. The van der Waals surface area contributed by atoms with Gasteiger partial charge in [-0.15, -0.1) is 0 Å². The van der Waals surface area contributed by atoms with Gasteiger partial charge in [-0.1, -0.05) is 48.0 Å². The zero-order chi connectivity index (χ0) is 18.3.